The van der Waals surface area contributed by atoms with Gasteiger partial charge in [-0.1, -0.05) is 13.8 Å². The second-order valence-corrected chi connectivity index (χ2v) is 6.61. The van der Waals surface area contributed by atoms with E-state index in [1.807, 2.05) is 0 Å². The molecule has 0 radical (unpaired) electrons. The van der Waals surface area contributed by atoms with Crippen LogP contribution in [0, 0.1) is 17.8 Å². The van der Waals surface area contributed by atoms with Crippen molar-refractivity contribution in [3.8, 4) is 0 Å². The van der Waals surface area contributed by atoms with Gasteiger partial charge < -0.3 is 10.2 Å². The van der Waals surface area contributed by atoms with Crippen LogP contribution in [0.2, 0.25) is 0 Å². The van der Waals surface area contributed by atoms with Gasteiger partial charge in [-0.3, -0.25) is 0 Å². The predicted octanol–water partition coefficient (Wildman–Crippen LogP) is 2.74. The minimum atomic E-state index is 0.893. The molecule has 2 rings (SSSR count). The molecule has 0 amide bonds. The van der Waals surface area contributed by atoms with E-state index in [9.17, 15) is 0 Å². The molecular formula is C15H30N2. The topological polar surface area (TPSA) is 15.3 Å². The van der Waals surface area contributed by atoms with Crippen LogP contribution in [0.5, 0.6) is 0 Å². The molecule has 0 spiro atoms. The van der Waals surface area contributed by atoms with Crippen molar-refractivity contribution in [1.29, 1.82) is 0 Å². The summed E-state index contributed by atoms with van der Waals surface area (Å²) >= 11 is 0. The second kappa shape index (κ2) is 6.19. The second-order valence-electron chi connectivity index (χ2n) is 6.61. The smallest absolute Gasteiger partial charge is 0.0100 e. The van der Waals surface area contributed by atoms with E-state index >= 15 is 0 Å². The molecule has 0 bridgehead atoms. The van der Waals surface area contributed by atoms with E-state index in [1.54, 1.807) is 0 Å². The third-order valence-electron chi connectivity index (χ3n) is 4.81. The van der Waals surface area contributed by atoms with E-state index < -0.39 is 0 Å². The van der Waals surface area contributed by atoms with Crippen molar-refractivity contribution in [2.75, 3.05) is 26.7 Å². The highest BCUT2D eigenvalue weighted by Crippen LogP contribution is 2.33. The number of rotatable bonds is 3. The maximum Gasteiger partial charge on any atom is 0.0100 e. The Hall–Kier alpha value is -0.0800. The average molecular weight is 238 g/mol. The summed E-state index contributed by atoms with van der Waals surface area (Å²) < 4.78 is 0. The molecule has 2 fully saturated rings. The molecule has 2 unspecified atom stereocenters. The summed E-state index contributed by atoms with van der Waals surface area (Å²) in [6, 6.07) is 0.893. The van der Waals surface area contributed by atoms with Crippen LogP contribution in [-0.2, 0) is 0 Å². The standard InChI is InChI=1S/C15H30N2/c1-12-8-13(2)10-15(9-12)17-6-4-14(5-7-17)11-16-3/h12-16H,4-11H2,1-3H3. The van der Waals surface area contributed by atoms with E-state index in [2.05, 4.69) is 31.1 Å². The molecule has 2 heteroatoms. The molecule has 1 heterocycles. The average Bonchev–Trinajstić information content (AvgIpc) is 2.29. The summed E-state index contributed by atoms with van der Waals surface area (Å²) in [5.74, 6) is 2.81. The fourth-order valence-electron chi connectivity index (χ4n) is 4.01. The molecule has 2 atom stereocenters. The van der Waals surface area contributed by atoms with Gasteiger partial charge in [-0.05, 0) is 76.5 Å². The van der Waals surface area contributed by atoms with Gasteiger partial charge in [0.2, 0.25) is 0 Å². The Kier molecular flexibility index (Phi) is 4.87. The Morgan fingerprint density at radius 3 is 2.12 bits per heavy atom. The third-order valence-corrected chi connectivity index (χ3v) is 4.81. The number of piperidine rings is 1. The van der Waals surface area contributed by atoms with Crippen LogP contribution in [-0.4, -0.2) is 37.6 Å². The molecule has 1 N–H and O–H groups in total. The zero-order valence-electron chi connectivity index (χ0n) is 11.9. The van der Waals surface area contributed by atoms with E-state index in [1.165, 1.54) is 51.7 Å². The maximum atomic E-state index is 3.33. The van der Waals surface area contributed by atoms with Crippen molar-refractivity contribution in [1.82, 2.24) is 10.2 Å². The van der Waals surface area contributed by atoms with Gasteiger partial charge in [0.05, 0.1) is 0 Å². The van der Waals surface area contributed by atoms with Gasteiger partial charge in [0, 0.05) is 6.04 Å². The molecule has 0 aromatic carbocycles. The molecular weight excluding hydrogens is 208 g/mol. The van der Waals surface area contributed by atoms with Crippen molar-refractivity contribution in [2.45, 2.75) is 52.0 Å². The summed E-state index contributed by atoms with van der Waals surface area (Å²) in [6.45, 7) is 8.78. The van der Waals surface area contributed by atoms with Crippen molar-refractivity contribution in [2.24, 2.45) is 17.8 Å². The zero-order chi connectivity index (χ0) is 12.3. The van der Waals surface area contributed by atoms with Gasteiger partial charge in [0.25, 0.3) is 0 Å². The maximum absolute atomic E-state index is 3.33. The van der Waals surface area contributed by atoms with Crippen molar-refractivity contribution >= 4 is 0 Å². The fourth-order valence-corrected chi connectivity index (χ4v) is 4.01. The first-order valence-electron chi connectivity index (χ1n) is 7.57. The van der Waals surface area contributed by atoms with Gasteiger partial charge in [-0.25, -0.2) is 0 Å². The third kappa shape index (κ3) is 3.69. The Morgan fingerprint density at radius 2 is 1.59 bits per heavy atom. The predicted molar refractivity (Wildman–Crippen MR) is 74.2 cm³/mol. The van der Waals surface area contributed by atoms with Crippen LogP contribution >= 0.6 is 0 Å². The van der Waals surface area contributed by atoms with Crippen molar-refractivity contribution in [3.63, 3.8) is 0 Å². The van der Waals surface area contributed by atoms with Gasteiger partial charge in [0.15, 0.2) is 0 Å². The SMILES string of the molecule is CNCC1CCN(C2CC(C)CC(C)C2)CC1. The number of nitrogens with zero attached hydrogens (tertiary/aromatic N) is 1. The number of hydrogen-bond donors (Lipinski definition) is 1. The highest BCUT2D eigenvalue weighted by atomic mass is 15.2. The van der Waals surface area contributed by atoms with Gasteiger partial charge in [0.1, 0.15) is 0 Å². The van der Waals surface area contributed by atoms with E-state index in [0.29, 0.717) is 0 Å². The fraction of sp³-hybridized carbons (Fsp3) is 1.00. The molecule has 17 heavy (non-hydrogen) atoms. The Labute approximate surface area is 107 Å². The van der Waals surface area contributed by atoms with E-state index in [-0.39, 0.29) is 0 Å². The Morgan fingerprint density at radius 1 is 1.00 bits per heavy atom. The van der Waals surface area contributed by atoms with Crippen LogP contribution in [0.1, 0.15) is 46.0 Å². The van der Waals surface area contributed by atoms with E-state index in [0.717, 1.165) is 23.8 Å². The number of hydrogen-bond acceptors (Lipinski definition) is 2. The van der Waals surface area contributed by atoms with Crippen LogP contribution in [0.4, 0.5) is 0 Å². The van der Waals surface area contributed by atoms with Crippen molar-refractivity contribution < 1.29 is 0 Å². The normalized spacial score (nSPS) is 37.2. The van der Waals surface area contributed by atoms with Crippen LogP contribution < -0.4 is 5.32 Å². The first kappa shape index (κ1) is 13.4. The number of likely N-dealkylation sites (tertiary alicyclic amines) is 1. The minimum Gasteiger partial charge on any atom is -0.319 e. The highest BCUT2D eigenvalue weighted by Gasteiger charge is 2.30. The van der Waals surface area contributed by atoms with E-state index in [4.69, 9.17) is 0 Å². The van der Waals surface area contributed by atoms with Gasteiger partial charge >= 0.3 is 0 Å². The minimum absolute atomic E-state index is 0.893. The van der Waals surface area contributed by atoms with Crippen LogP contribution in [0.3, 0.4) is 0 Å². The molecule has 1 aliphatic carbocycles. The van der Waals surface area contributed by atoms with Gasteiger partial charge in [-0.15, -0.1) is 0 Å². The molecule has 2 nitrogen and oxygen atoms in total. The molecule has 1 aliphatic heterocycles. The van der Waals surface area contributed by atoms with Gasteiger partial charge in [-0.2, -0.15) is 0 Å². The highest BCUT2D eigenvalue weighted by molar-refractivity contribution is 4.85. The van der Waals surface area contributed by atoms with Crippen LogP contribution in [0.15, 0.2) is 0 Å². The Bertz CT molecular complexity index is 211. The monoisotopic (exact) mass is 238 g/mol. The lowest BCUT2D eigenvalue weighted by molar-refractivity contribution is 0.0758. The quantitative estimate of drug-likeness (QED) is 0.813. The van der Waals surface area contributed by atoms with Crippen molar-refractivity contribution in [3.05, 3.63) is 0 Å². The summed E-state index contributed by atoms with van der Waals surface area (Å²) in [5.41, 5.74) is 0. The number of nitrogens with one attached hydrogen (secondary N) is 1. The lowest BCUT2D eigenvalue weighted by Crippen LogP contribution is -2.45. The molecule has 1 saturated carbocycles. The molecule has 0 aromatic rings. The molecule has 2 aliphatic rings. The lowest BCUT2D eigenvalue weighted by Gasteiger charge is -2.42. The first-order valence-corrected chi connectivity index (χ1v) is 7.57. The van der Waals surface area contributed by atoms with Crippen LogP contribution in [0.25, 0.3) is 0 Å². The Balaban J connectivity index is 1.79. The largest absolute Gasteiger partial charge is 0.319 e. The first-order chi connectivity index (χ1) is 8.19. The summed E-state index contributed by atoms with van der Waals surface area (Å²) in [7, 11) is 2.08. The summed E-state index contributed by atoms with van der Waals surface area (Å²) in [6.07, 6.45) is 7.15. The summed E-state index contributed by atoms with van der Waals surface area (Å²) in [5, 5.41) is 3.33. The summed E-state index contributed by atoms with van der Waals surface area (Å²) in [4.78, 5) is 2.79. The molecule has 100 valence electrons. The zero-order valence-corrected chi connectivity index (χ0v) is 11.9. The lowest BCUT2D eigenvalue weighted by atomic mass is 9.79. The molecule has 1 saturated heterocycles. The molecule has 0 aromatic heterocycles.